The lowest BCUT2D eigenvalue weighted by molar-refractivity contribution is 0.356. The minimum absolute atomic E-state index is 0.135. The summed E-state index contributed by atoms with van der Waals surface area (Å²) in [6, 6.07) is 4.88. The summed E-state index contributed by atoms with van der Waals surface area (Å²) in [5.74, 6) is -0.437. The highest BCUT2D eigenvalue weighted by molar-refractivity contribution is 7.89. The van der Waals surface area contributed by atoms with Crippen molar-refractivity contribution < 1.29 is 12.8 Å². The second kappa shape index (κ2) is 4.48. The fourth-order valence-electron chi connectivity index (χ4n) is 1.58. The zero-order valence-corrected chi connectivity index (χ0v) is 9.45. The van der Waals surface area contributed by atoms with E-state index in [1.807, 2.05) is 0 Å². The van der Waals surface area contributed by atoms with Crippen molar-refractivity contribution in [3.8, 4) is 0 Å². The summed E-state index contributed by atoms with van der Waals surface area (Å²) >= 11 is 0. The molecule has 1 fully saturated rings. The molecule has 0 atom stereocenters. The van der Waals surface area contributed by atoms with E-state index < -0.39 is 15.8 Å². The van der Waals surface area contributed by atoms with Gasteiger partial charge in [0.25, 0.3) is 0 Å². The van der Waals surface area contributed by atoms with Crippen LogP contribution in [-0.4, -0.2) is 38.9 Å². The van der Waals surface area contributed by atoms with Gasteiger partial charge in [0.15, 0.2) is 0 Å². The van der Waals surface area contributed by atoms with Gasteiger partial charge in [0.05, 0.1) is 4.90 Å². The molecule has 0 saturated carbocycles. The van der Waals surface area contributed by atoms with Crippen LogP contribution in [-0.2, 0) is 10.0 Å². The first kappa shape index (κ1) is 11.5. The minimum atomic E-state index is -3.47. The third-order valence-corrected chi connectivity index (χ3v) is 4.38. The van der Waals surface area contributed by atoms with Crippen molar-refractivity contribution >= 4 is 10.0 Å². The van der Waals surface area contributed by atoms with Gasteiger partial charge < -0.3 is 0 Å². The van der Waals surface area contributed by atoms with Crippen LogP contribution in [0.25, 0.3) is 0 Å². The highest BCUT2D eigenvalue weighted by Crippen LogP contribution is 2.16. The van der Waals surface area contributed by atoms with E-state index in [0.717, 1.165) is 12.1 Å². The maximum atomic E-state index is 12.7. The van der Waals surface area contributed by atoms with Crippen LogP contribution >= 0.6 is 0 Å². The van der Waals surface area contributed by atoms with Crippen LogP contribution in [0.4, 0.5) is 4.39 Å². The lowest BCUT2D eigenvalue weighted by Gasteiger charge is -2.25. The van der Waals surface area contributed by atoms with E-state index >= 15 is 0 Å². The van der Waals surface area contributed by atoms with Crippen LogP contribution in [0.2, 0.25) is 0 Å². The normalized spacial score (nSPS) is 18.6. The van der Waals surface area contributed by atoms with Gasteiger partial charge >= 0.3 is 0 Å². The molecule has 0 unspecified atom stereocenters. The van der Waals surface area contributed by atoms with E-state index in [9.17, 15) is 12.8 Å². The fraction of sp³-hybridized carbons (Fsp3) is 0.400. The molecule has 0 spiro atoms. The molecule has 0 aliphatic carbocycles. The zero-order chi connectivity index (χ0) is 11.6. The zero-order valence-electron chi connectivity index (χ0n) is 8.63. The van der Waals surface area contributed by atoms with E-state index in [1.54, 1.807) is 0 Å². The molecular formula is C10H12FN2O2S. The van der Waals surface area contributed by atoms with Gasteiger partial charge in [-0.05, 0) is 24.3 Å². The third kappa shape index (κ3) is 2.23. The Bertz CT molecular complexity index is 452. The van der Waals surface area contributed by atoms with Gasteiger partial charge in [-0.25, -0.2) is 18.1 Å². The van der Waals surface area contributed by atoms with Gasteiger partial charge in [-0.2, -0.15) is 4.31 Å². The van der Waals surface area contributed by atoms with E-state index in [1.165, 1.54) is 16.4 Å². The van der Waals surface area contributed by atoms with Gasteiger partial charge in [0, 0.05) is 26.2 Å². The Morgan fingerprint density at radius 1 is 1.12 bits per heavy atom. The predicted octanol–water partition coefficient (Wildman–Crippen LogP) is 0.434. The molecule has 87 valence electrons. The van der Waals surface area contributed by atoms with Crippen molar-refractivity contribution in [1.82, 2.24) is 9.62 Å². The van der Waals surface area contributed by atoms with E-state index in [-0.39, 0.29) is 4.90 Å². The molecule has 0 aromatic heterocycles. The van der Waals surface area contributed by atoms with Gasteiger partial charge in [0.2, 0.25) is 10.0 Å². The highest BCUT2D eigenvalue weighted by Gasteiger charge is 2.25. The van der Waals surface area contributed by atoms with Crippen LogP contribution in [0.3, 0.4) is 0 Å². The summed E-state index contributed by atoms with van der Waals surface area (Å²) in [5.41, 5.74) is 0. The first-order chi connectivity index (χ1) is 7.60. The van der Waals surface area contributed by atoms with Crippen molar-refractivity contribution in [3.05, 3.63) is 30.1 Å². The van der Waals surface area contributed by atoms with E-state index in [4.69, 9.17) is 0 Å². The molecule has 1 radical (unpaired) electrons. The molecule has 2 rings (SSSR count). The topological polar surface area (TPSA) is 51.5 Å². The van der Waals surface area contributed by atoms with E-state index in [0.29, 0.717) is 26.2 Å². The number of benzene rings is 1. The summed E-state index contributed by atoms with van der Waals surface area (Å²) in [7, 11) is -3.47. The number of piperazine rings is 1. The summed E-state index contributed by atoms with van der Waals surface area (Å²) in [6.45, 7) is 1.86. The third-order valence-electron chi connectivity index (χ3n) is 2.47. The van der Waals surface area contributed by atoms with Crippen LogP contribution in [0.15, 0.2) is 29.2 Å². The molecule has 1 aromatic rings. The maximum Gasteiger partial charge on any atom is 0.243 e. The molecule has 4 nitrogen and oxygen atoms in total. The van der Waals surface area contributed by atoms with Gasteiger partial charge in [0.1, 0.15) is 5.82 Å². The van der Waals surface area contributed by atoms with Crippen LogP contribution in [0.1, 0.15) is 0 Å². The molecule has 0 bridgehead atoms. The molecule has 6 heteroatoms. The SMILES string of the molecule is O=S(=O)(c1ccc(F)cc1)N1CC[N]CC1. The Morgan fingerprint density at radius 3 is 2.25 bits per heavy atom. The van der Waals surface area contributed by atoms with Gasteiger partial charge in [-0.3, -0.25) is 0 Å². The summed E-state index contributed by atoms with van der Waals surface area (Å²) in [5, 5.41) is 4.08. The Labute approximate surface area is 94.1 Å². The lowest BCUT2D eigenvalue weighted by atomic mass is 10.4. The van der Waals surface area contributed by atoms with Gasteiger partial charge in [-0.15, -0.1) is 0 Å². The number of rotatable bonds is 2. The number of nitrogens with zero attached hydrogens (tertiary/aromatic N) is 2. The average molecular weight is 243 g/mol. The Balaban J connectivity index is 2.27. The number of sulfonamides is 1. The average Bonchev–Trinajstić information content (AvgIpc) is 2.31. The second-order valence-corrected chi connectivity index (χ2v) is 5.47. The fourth-order valence-corrected chi connectivity index (χ4v) is 3.01. The molecule has 1 aromatic carbocycles. The number of hydrogen-bond acceptors (Lipinski definition) is 2. The molecule has 1 aliphatic heterocycles. The molecule has 1 saturated heterocycles. The second-order valence-electron chi connectivity index (χ2n) is 3.53. The molecule has 1 heterocycles. The summed E-state index contributed by atoms with van der Waals surface area (Å²) < 4.78 is 38.2. The monoisotopic (exact) mass is 243 g/mol. The van der Waals surface area contributed by atoms with Crippen LogP contribution < -0.4 is 5.32 Å². The molecule has 0 amide bonds. The Kier molecular flexibility index (Phi) is 3.22. The quantitative estimate of drug-likeness (QED) is 0.756. The summed E-state index contributed by atoms with van der Waals surface area (Å²) in [6.07, 6.45) is 0. The van der Waals surface area contributed by atoms with Crippen molar-refractivity contribution in [3.63, 3.8) is 0 Å². The molecule has 0 N–H and O–H groups in total. The van der Waals surface area contributed by atoms with Crippen molar-refractivity contribution in [1.29, 1.82) is 0 Å². The maximum absolute atomic E-state index is 12.7. The standard InChI is InChI=1S/C10H12FN2O2S/c11-9-1-3-10(4-2-9)16(14,15)13-7-5-12-6-8-13/h1-4H,5-8H2. The number of halogens is 1. The number of hydrogen-bond donors (Lipinski definition) is 0. The molecule has 16 heavy (non-hydrogen) atoms. The van der Waals surface area contributed by atoms with Crippen LogP contribution in [0, 0.1) is 5.82 Å². The first-order valence-electron chi connectivity index (χ1n) is 5.00. The summed E-state index contributed by atoms with van der Waals surface area (Å²) in [4.78, 5) is 0.135. The Hall–Kier alpha value is -0.980. The van der Waals surface area contributed by atoms with Crippen molar-refractivity contribution in [2.45, 2.75) is 4.90 Å². The predicted molar refractivity (Wildman–Crippen MR) is 57.0 cm³/mol. The van der Waals surface area contributed by atoms with Gasteiger partial charge in [-0.1, -0.05) is 0 Å². The minimum Gasteiger partial charge on any atom is -0.239 e. The molecule has 1 aliphatic rings. The van der Waals surface area contributed by atoms with Crippen LogP contribution in [0.5, 0.6) is 0 Å². The van der Waals surface area contributed by atoms with Crippen molar-refractivity contribution in [2.24, 2.45) is 0 Å². The first-order valence-corrected chi connectivity index (χ1v) is 6.44. The highest BCUT2D eigenvalue weighted by atomic mass is 32.2. The van der Waals surface area contributed by atoms with Crippen molar-refractivity contribution in [2.75, 3.05) is 26.2 Å². The van der Waals surface area contributed by atoms with E-state index in [2.05, 4.69) is 5.32 Å². The Morgan fingerprint density at radius 2 is 1.69 bits per heavy atom. The molecular weight excluding hydrogens is 231 g/mol. The lowest BCUT2D eigenvalue weighted by Crippen LogP contribution is -2.43. The largest absolute Gasteiger partial charge is 0.243 e. The smallest absolute Gasteiger partial charge is 0.239 e.